The molecule has 0 spiro atoms. The van der Waals surface area contributed by atoms with Crippen molar-refractivity contribution in [2.75, 3.05) is 18.0 Å². The van der Waals surface area contributed by atoms with E-state index in [9.17, 15) is 14.4 Å². The number of unbranched alkanes of at least 4 members (excludes halogenated alkanes) is 1. The van der Waals surface area contributed by atoms with E-state index in [0.717, 1.165) is 6.42 Å². The average Bonchev–Trinajstić information content (AvgIpc) is 2.75. The second kappa shape index (κ2) is 6.21. The lowest BCUT2D eigenvalue weighted by Crippen LogP contribution is -2.33. The Morgan fingerprint density at radius 3 is 2.81 bits per heavy atom. The molecule has 21 heavy (non-hydrogen) atoms. The molecule has 0 radical (unpaired) electrons. The van der Waals surface area contributed by atoms with E-state index in [4.69, 9.17) is 5.11 Å². The largest absolute Gasteiger partial charge is 0.478 e. The van der Waals surface area contributed by atoms with Gasteiger partial charge in [0.2, 0.25) is 0 Å². The number of aromatic carboxylic acids is 1. The third-order valence-corrected chi connectivity index (χ3v) is 3.25. The fourth-order valence-corrected chi connectivity index (χ4v) is 2.16. The van der Waals surface area contributed by atoms with Crippen molar-refractivity contribution in [3.05, 3.63) is 42.5 Å². The molecule has 0 aliphatic carbocycles. The monoisotopic (exact) mass is 288 g/mol. The number of anilines is 1. The van der Waals surface area contributed by atoms with Gasteiger partial charge in [-0.05, 0) is 31.0 Å². The molecule has 1 heterocycles. The molecular weight excluding hydrogens is 272 g/mol. The number of carbonyl (C=O) groups excluding carboxylic acids is 2. The van der Waals surface area contributed by atoms with Crippen LogP contribution in [-0.2, 0) is 4.79 Å². The van der Waals surface area contributed by atoms with E-state index in [1.807, 2.05) is 0 Å². The van der Waals surface area contributed by atoms with E-state index in [1.54, 1.807) is 18.2 Å². The highest BCUT2D eigenvalue weighted by Gasteiger charge is 2.36. The van der Waals surface area contributed by atoms with Gasteiger partial charge >= 0.3 is 12.0 Å². The van der Waals surface area contributed by atoms with Crippen molar-refractivity contribution in [3.63, 3.8) is 0 Å². The average molecular weight is 288 g/mol. The third-order valence-electron chi connectivity index (χ3n) is 3.25. The van der Waals surface area contributed by atoms with Crippen LogP contribution in [0.4, 0.5) is 10.5 Å². The number of amides is 3. The zero-order valence-electron chi connectivity index (χ0n) is 11.5. The highest BCUT2D eigenvalue weighted by molar-refractivity contribution is 6.12. The summed E-state index contributed by atoms with van der Waals surface area (Å²) < 4.78 is 0. The molecule has 1 aliphatic rings. The Labute approximate surface area is 122 Å². The summed E-state index contributed by atoms with van der Waals surface area (Å²) >= 11 is 0. The first-order valence-electron chi connectivity index (χ1n) is 6.60. The summed E-state index contributed by atoms with van der Waals surface area (Å²) in [7, 11) is 0. The molecule has 6 nitrogen and oxygen atoms in total. The first-order valence-corrected chi connectivity index (χ1v) is 6.60. The fraction of sp³-hybridized carbons (Fsp3) is 0.267. The van der Waals surface area contributed by atoms with Crippen LogP contribution in [0.1, 0.15) is 23.2 Å². The molecule has 1 saturated heterocycles. The summed E-state index contributed by atoms with van der Waals surface area (Å²) in [5.41, 5.74) is 0.498. The van der Waals surface area contributed by atoms with E-state index < -0.39 is 12.0 Å². The second-order valence-electron chi connectivity index (χ2n) is 4.70. The van der Waals surface area contributed by atoms with Crippen LogP contribution in [0.25, 0.3) is 0 Å². The molecule has 2 rings (SSSR count). The number of hydrogen-bond donors (Lipinski definition) is 1. The molecule has 1 aromatic rings. The highest BCUT2D eigenvalue weighted by atomic mass is 16.4. The maximum Gasteiger partial charge on any atom is 0.335 e. The molecule has 3 amide bonds. The van der Waals surface area contributed by atoms with Gasteiger partial charge in [0, 0.05) is 12.2 Å². The number of rotatable bonds is 6. The lowest BCUT2D eigenvalue weighted by atomic mass is 10.2. The van der Waals surface area contributed by atoms with Gasteiger partial charge in [0.05, 0.1) is 5.56 Å². The summed E-state index contributed by atoms with van der Waals surface area (Å²) in [6.07, 6.45) is 3.13. The SMILES string of the molecule is C=CCCCN1C(=O)CN(c2cccc(C(=O)O)c2)C1=O. The van der Waals surface area contributed by atoms with Crippen molar-refractivity contribution in [1.82, 2.24) is 4.90 Å². The van der Waals surface area contributed by atoms with Crippen molar-refractivity contribution in [3.8, 4) is 0 Å². The maximum atomic E-state index is 12.2. The van der Waals surface area contributed by atoms with E-state index in [-0.39, 0.29) is 18.0 Å². The Kier molecular flexibility index (Phi) is 4.37. The number of carbonyl (C=O) groups is 3. The third kappa shape index (κ3) is 3.10. The quantitative estimate of drug-likeness (QED) is 0.494. The van der Waals surface area contributed by atoms with Crippen LogP contribution in [0, 0.1) is 0 Å². The van der Waals surface area contributed by atoms with Crippen LogP contribution in [0.15, 0.2) is 36.9 Å². The summed E-state index contributed by atoms with van der Waals surface area (Å²) in [5.74, 6) is -1.34. The summed E-state index contributed by atoms with van der Waals surface area (Å²) in [6, 6.07) is 5.59. The number of urea groups is 1. The van der Waals surface area contributed by atoms with Crippen LogP contribution in [0.3, 0.4) is 0 Å². The van der Waals surface area contributed by atoms with Gasteiger partial charge in [0.1, 0.15) is 6.54 Å². The predicted octanol–water partition coefficient (Wildman–Crippen LogP) is 2.12. The molecule has 1 aromatic carbocycles. The Balaban J connectivity index is 2.16. The Morgan fingerprint density at radius 1 is 1.38 bits per heavy atom. The molecule has 0 unspecified atom stereocenters. The topological polar surface area (TPSA) is 77.9 Å². The zero-order valence-corrected chi connectivity index (χ0v) is 11.5. The number of benzene rings is 1. The van der Waals surface area contributed by atoms with Gasteiger partial charge < -0.3 is 5.11 Å². The van der Waals surface area contributed by atoms with Gasteiger partial charge in [-0.15, -0.1) is 6.58 Å². The van der Waals surface area contributed by atoms with Crippen molar-refractivity contribution in [1.29, 1.82) is 0 Å². The van der Waals surface area contributed by atoms with Crippen molar-refractivity contribution >= 4 is 23.6 Å². The van der Waals surface area contributed by atoms with E-state index in [2.05, 4.69) is 6.58 Å². The number of nitrogens with zero attached hydrogens (tertiary/aromatic N) is 2. The number of carboxylic acids is 1. The minimum absolute atomic E-state index is 0.0595. The Hall–Kier alpha value is -2.63. The summed E-state index contributed by atoms with van der Waals surface area (Å²) in [5, 5.41) is 8.98. The first-order chi connectivity index (χ1) is 10.0. The molecular formula is C15H16N2O4. The number of imide groups is 1. The van der Waals surface area contributed by atoms with Gasteiger partial charge in [0.25, 0.3) is 5.91 Å². The highest BCUT2D eigenvalue weighted by Crippen LogP contribution is 2.22. The maximum absolute atomic E-state index is 12.2. The number of carboxylic acid groups (broad SMARTS) is 1. The molecule has 1 fully saturated rings. The van der Waals surface area contributed by atoms with Gasteiger partial charge in [-0.1, -0.05) is 12.1 Å². The minimum Gasteiger partial charge on any atom is -0.478 e. The first kappa shape index (κ1) is 14.8. The number of hydrogen-bond acceptors (Lipinski definition) is 3. The lowest BCUT2D eigenvalue weighted by molar-refractivity contribution is -0.124. The second-order valence-corrected chi connectivity index (χ2v) is 4.70. The van der Waals surface area contributed by atoms with Crippen LogP contribution >= 0.6 is 0 Å². The van der Waals surface area contributed by atoms with Crippen molar-refractivity contribution in [2.24, 2.45) is 0 Å². The van der Waals surface area contributed by atoms with Gasteiger partial charge in [0.15, 0.2) is 0 Å². The molecule has 0 saturated carbocycles. The van der Waals surface area contributed by atoms with E-state index in [1.165, 1.54) is 21.9 Å². The molecule has 110 valence electrons. The summed E-state index contributed by atoms with van der Waals surface area (Å²) in [6.45, 7) is 3.88. The molecule has 0 atom stereocenters. The zero-order chi connectivity index (χ0) is 15.4. The summed E-state index contributed by atoms with van der Waals surface area (Å²) in [4.78, 5) is 37.6. The molecule has 0 bridgehead atoms. The molecule has 1 N–H and O–H groups in total. The van der Waals surface area contributed by atoms with E-state index in [0.29, 0.717) is 18.7 Å². The standard InChI is InChI=1S/C15H16N2O4/c1-2-3-4-8-16-13(18)10-17(15(16)21)12-7-5-6-11(9-12)14(19)20/h2,5-7,9H,1,3-4,8,10H2,(H,19,20). The normalized spacial score (nSPS) is 14.7. The predicted molar refractivity (Wildman–Crippen MR) is 77.3 cm³/mol. The van der Waals surface area contributed by atoms with E-state index >= 15 is 0 Å². The van der Waals surface area contributed by atoms with Crippen LogP contribution < -0.4 is 4.90 Å². The van der Waals surface area contributed by atoms with Gasteiger partial charge in [-0.2, -0.15) is 0 Å². The van der Waals surface area contributed by atoms with Crippen LogP contribution in [0.5, 0.6) is 0 Å². The van der Waals surface area contributed by atoms with Crippen LogP contribution in [0.2, 0.25) is 0 Å². The van der Waals surface area contributed by atoms with Crippen molar-refractivity contribution < 1.29 is 19.5 Å². The molecule has 0 aromatic heterocycles. The molecule has 6 heteroatoms. The minimum atomic E-state index is -1.07. The van der Waals surface area contributed by atoms with Gasteiger partial charge in [-0.3, -0.25) is 14.6 Å². The fourth-order valence-electron chi connectivity index (χ4n) is 2.16. The Bertz CT molecular complexity index is 597. The van der Waals surface area contributed by atoms with Crippen LogP contribution in [-0.4, -0.2) is 41.0 Å². The lowest BCUT2D eigenvalue weighted by Gasteiger charge is -2.17. The number of allylic oxidation sites excluding steroid dienone is 1. The smallest absolute Gasteiger partial charge is 0.335 e. The van der Waals surface area contributed by atoms with Crippen molar-refractivity contribution in [2.45, 2.75) is 12.8 Å². The van der Waals surface area contributed by atoms with Gasteiger partial charge in [-0.25, -0.2) is 9.59 Å². The Morgan fingerprint density at radius 2 is 2.14 bits per heavy atom. The molecule has 1 aliphatic heterocycles.